The van der Waals surface area contributed by atoms with Gasteiger partial charge in [-0.05, 0) is 43.3 Å². The molecule has 0 aliphatic heterocycles. The van der Waals surface area contributed by atoms with Crippen LogP contribution in [0.5, 0.6) is 23.0 Å². The van der Waals surface area contributed by atoms with E-state index in [1.807, 2.05) is 0 Å². The van der Waals surface area contributed by atoms with Gasteiger partial charge in [-0.15, -0.1) is 0 Å². The van der Waals surface area contributed by atoms with Crippen LogP contribution in [0.2, 0.25) is 0 Å². The maximum Gasteiger partial charge on any atom is 0.343 e. The molecule has 0 aromatic heterocycles. The Morgan fingerprint density at radius 3 is 2.09 bits per heavy atom. The predicted molar refractivity (Wildman–Crippen MR) is 81.6 cm³/mol. The summed E-state index contributed by atoms with van der Waals surface area (Å²) in [6.07, 6.45) is 0. The van der Waals surface area contributed by atoms with Crippen LogP contribution in [0.25, 0.3) is 0 Å². The molecule has 0 unspecified atom stereocenters. The lowest BCUT2D eigenvalue weighted by atomic mass is 10.2. The van der Waals surface area contributed by atoms with Gasteiger partial charge in [-0.1, -0.05) is 6.58 Å². The zero-order valence-electron chi connectivity index (χ0n) is 12.3. The van der Waals surface area contributed by atoms with Crippen molar-refractivity contribution in [3.63, 3.8) is 0 Å². The molecule has 0 fully saturated rings. The number of esters is 2. The number of benzene rings is 2. The third-order valence-electron chi connectivity index (χ3n) is 2.81. The van der Waals surface area contributed by atoms with E-state index in [0.717, 1.165) is 6.07 Å². The van der Waals surface area contributed by atoms with E-state index in [-0.39, 0.29) is 28.4 Å². The Bertz CT molecular complexity index is 761. The van der Waals surface area contributed by atoms with E-state index in [0.29, 0.717) is 0 Å². The molecular formula is C17H14O6. The van der Waals surface area contributed by atoms with Gasteiger partial charge in [-0.25, -0.2) is 9.59 Å². The third kappa shape index (κ3) is 4.10. The second kappa shape index (κ2) is 6.65. The van der Waals surface area contributed by atoms with Gasteiger partial charge in [-0.2, -0.15) is 0 Å². The first kappa shape index (κ1) is 16.1. The Balaban J connectivity index is 2.06. The van der Waals surface area contributed by atoms with E-state index >= 15 is 0 Å². The molecule has 2 aromatic carbocycles. The summed E-state index contributed by atoms with van der Waals surface area (Å²) in [5.41, 5.74) is 0.494. The van der Waals surface area contributed by atoms with Crippen molar-refractivity contribution in [1.82, 2.24) is 0 Å². The third-order valence-corrected chi connectivity index (χ3v) is 2.81. The van der Waals surface area contributed by atoms with E-state index in [9.17, 15) is 19.8 Å². The minimum atomic E-state index is -0.659. The van der Waals surface area contributed by atoms with Crippen molar-refractivity contribution in [3.8, 4) is 23.0 Å². The van der Waals surface area contributed by atoms with Crippen LogP contribution in [-0.2, 0) is 4.79 Å². The molecule has 0 bridgehead atoms. The minimum Gasteiger partial charge on any atom is -0.504 e. The summed E-state index contributed by atoms with van der Waals surface area (Å²) < 4.78 is 10.1. The van der Waals surface area contributed by atoms with Gasteiger partial charge in [0.05, 0.1) is 5.56 Å². The maximum atomic E-state index is 12.0. The summed E-state index contributed by atoms with van der Waals surface area (Å²) in [6, 6.07) is 9.44. The number of phenols is 2. The SMILES string of the molecule is C=C(C)C(=O)Oc1ccc(C(=O)Oc2ccc(O)c(O)c2)cc1. The zero-order valence-corrected chi connectivity index (χ0v) is 12.3. The quantitative estimate of drug-likeness (QED) is 0.390. The van der Waals surface area contributed by atoms with Crippen LogP contribution >= 0.6 is 0 Å². The maximum absolute atomic E-state index is 12.0. The zero-order chi connectivity index (χ0) is 17.0. The van der Waals surface area contributed by atoms with Crippen molar-refractivity contribution in [1.29, 1.82) is 0 Å². The second-order valence-corrected chi connectivity index (χ2v) is 4.73. The molecule has 23 heavy (non-hydrogen) atoms. The Hall–Kier alpha value is -3.28. The molecule has 0 radical (unpaired) electrons. The van der Waals surface area contributed by atoms with E-state index < -0.39 is 17.7 Å². The van der Waals surface area contributed by atoms with Crippen molar-refractivity contribution in [3.05, 3.63) is 60.2 Å². The fraction of sp³-hybridized carbons (Fsp3) is 0.0588. The largest absolute Gasteiger partial charge is 0.504 e. The van der Waals surface area contributed by atoms with Gasteiger partial charge < -0.3 is 19.7 Å². The van der Waals surface area contributed by atoms with Gasteiger partial charge in [0.1, 0.15) is 11.5 Å². The highest BCUT2D eigenvalue weighted by atomic mass is 16.5. The predicted octanol–water partition coefficient (Wildman–Crippen LogP) is 2.80. The lowest BCUT2D eigenvalue weighted by Crippen LogP contribution is -2.10. The molecule has 6 nitrogen and oxygen atoms in total. The molecule has 2 rings (SSSR count). The van der Waals surface area contributed by atoms with Crippen LogP contribution in [0.1, 0.15) is 17.3 Å². The van der Waals surface area contributed by atoms with Gasteiger partial charge in [0.2, 0.25) is 0 Å². The number of phenolic OH excluding ortho intramolecular Hbond substituents is 2. The summed E-state index contributed by atoms with van der Waals surface area (Å²) >= 11 is 0. The highest BCUT2D eigenvalue weighted by molar-refractivity contribution is 5.92. The van der Waals surface area contributed by atoms with Crippen molar-refractivity contribution < 1.29 is 29.3 Å². The number of ether oxygens (including phenoxy) is 2. The van der Waals surface area contributed by atoms with Gasteiger partial charge in [-0.3, -0.25) is 0 Å². The molecule has 2 aromatic rings. The number of aromatic hydroxyl groups is 2. The normalized spacial score (nSPS) is 9.96. The topological polar surface area (TPSA) is 93.1 Å². The highest BCUT2D eigenvalue weighted by Gasteiger charge is 2.11. The fourth-order valence-electron chi connectivity index (χ4n) is 1.59. The minimum absolute atomic E-state index is 0.0862. The van der Waals surface area contributed by atoms with Gasteiger partial charge in [0, 0.05) is 11.6 Å². The molecule has 0 heterocycles. The van der Waals surface area contributed by atoms with E-state index in [4.69, 9.17) is 9.47 Å². The Kier molecular flexibility index (Phi) is 4.66. The van der Waals surface area contributed by atoms with E-state index in [1.54, 1.807) is 0 Å². The monoisotopic (exact) mass is 314 g/mol. The molecule has 0 atom stereocenters. The van der Waals surface area contributed by atoms with E-state index in [1.165, 1.54) is 43.3 Å². The lowest BCUT2D eigenvalue weighted by molar-refractivity contribution is -0.130. The highest BCUT2D eigenvalue weighted by Crippen LogP contribution is 2.29. The lowest BCUT2D eigenvalue weighted by Gasteiger charge is -2.07. The fourth-order valence-corrected chi connectivity index (χ4v) is 1.59. The van der Waals surface area contributed by atoms with E-state index in [2.05, 4.69) is 6.58 Å². The first-order chi connectivity index (χ1) is 10.9. The number of rotatable bonds is 4. The molecule has 118 valence electrons. The smallest absolute Gasteiger partial charge is 0.343 e. The van der Waals surface area contributed by atoms with Crippen molar-refractivity contribution in [2.75, 3.05) is 0 Å². The van der Waals surface area contributed by atoms with Gasteiger partial charge in [0.25, 0.3) is 0 Å². The van der Waals surface area contributed by atoms with Crippen LogP contribution in [-0.4, -0.2) is 22.2 Å². The number of hydrogen-bond acceptors (Lipinski definition) is 6. The standard InChI is InChI=1S/C17H14O6/c1-10(2)16(20)22-12-5-3-11(4-6-12)17(21)23-13-7-8-14(18)15(19)9-13/h3-9,18-19H,1H2,2H3. The Labute approximate surface area is 132 Å². The van der Waals surface area contributed by atoms with Crippen LogP contribution < -0.4 is 9.47 Å². The average Bonchev–Trinajstić information content (AvgIpc) is 2.51. The molecule has 0 saturated carbocycles. The first-order valence-corrected chi connectivity index (χ1v) is 6.58. The number of carbonyl (C=O) groups is 2. The molecule has 0 aliphatic rings. The van der Waals surface area contributed by atoms with Crippen LogP contribution in [0.15, 0.2) is 54.6 Å². The van der Waals surface area contributed by atoms with Crippen LogP contribution in [0.3, 0.4) is 0 Å². The molecule has 6 heteroatoms. The summed E-state index contributed by atoms with van der Waals surface area (Å²) in [7, 11) is 0. The van der Waals surface area contributed by atoms with Crippen LogP contribution in [0, 0.1) is 0 Å². The van der Waals surface area contributed by atoms with Gasteiger partial charge in [0.15, 0.2) is 11.5 Å². The molecule has 0 aliphatic carbocycles. The van der Waals surface area contributed by atoms with Crippen molar-refractivity contribution >= 4 is 11.9 Å². The average molecular weight is 314 g/mol. The Morgan fingerprint density at radius 1 is 0.913 bits per heavy atom. The molecule has 0 saturated heterocycles. The molecular weight excluding hydrogens is 300 g/mol. The van der Waals surface area contributed by atoms with Crippen molar-refractivity contribution in [2.24, 2.45) is 0 Å². The molecule has 0 amide bonds. The summed E-state index contributed by atoms with van der Waals surface area (Å²) in [5, 5.41) is 18.6. The summed E-state index contributed by atoms with van der Waals surface area (Å²) in [5.74, 6) is -1.56. The molecule has 0 spiro atoms. The number of carbonyl (C=O) groups excluding carboxylic acids is 2. The first-order valence-electron chi connectivity index (χ1n) is 6.58. The Morgan fingerprint density at radius 2 is 1.52 bits per heavy atom. The molecule has 2 N–H and O–H groups in total. The summed E-state index contributed by atoms with van der Waals surface area (Å²) in [6.45, 7) is 5.00. The van der Waals surface area contributed by atoms with Crippen molar-refractivity contribution in [2.45, 2.75) is 6.92 Å². The van der Waals surface area contributed by atoms with Gasteiger partial charge >= 0.3 is 11.9 Å². The second-order valence-electron chi connectivity index (χ2n) is 4.73. The number of hydrogen-bond donors (Lipinski definition) is 2. The summed E-state index contributed by atoms with van der Waals surface area (Å²) in [4.78, 5) is 23.3. The van der Waals surface area contributed by atoms with Crippen LogP contribution in [0.4, 0.5) is 0 Å².